The van der Waals surface area contributed by atoms with Gasteiger partial charge in [0.15, 0.2) is 5.76 Å². The van der Waals surface area contributed by atoms with Crippen LogP contribution in [0, 0.1) is 20.8 Å². The van der Waals surface area contributed by atoms with E-state index < -0.39 is 10.0 Å². The smallest absolute Gasteiger partial charge is 0.246 e. The van der Waals surface area contributed by atoms with Crippen molar-refractivity contribution in [2.75, 3.05) is 13.2 Å². The molecule has 0 spiro atoms. The maximum Gasteiger partial charge on any atom is 0.246 e. The largest absolute Gasteiger partial charge is 0.491 e. The monoisotopic (exact) mass is 344 g/mol. The number of rotatable bonds is 6. The molecule has 6 nitrogen and oxygen atoms in total. The third-order valence-corrected chi connectivity index (χ3v) is 4.99. The maximum atomic E-state index is 12.2. The quantitative estimate of drug-likeness (QED) is 0.814. The highest BCUT2D eigenvalue weighted by Crippen LogP contribution is 2.25. The highest BCUT2D eigenvalue weighted by molar-refractivity contribution is 7.89. The molecular weight excluding hydrogens is 328 g/mol. The number of hydrogen-bond donors (Lipinski definition) is 1. The minimum atomic E-state index is -3.67. The summed E-state index contributed by atoms with van der Waals surface area (Å²) in [5, 5.41) is 4.12. The average Bonchev–Trinajstić information content (AvgIpc) is 2.78. The van der Waals surface area contributed by atoms with Gasteiger partial charge in [0.05, 0.1) is 5.02 Å². The molecule has 1 heterocycles. The van der Waals surface area contributed by atoms with Gasteiger partial charge in [-0.25, -0.2) is 13.1 Å². The van der Waals surface area contributed by atoms with E-state index in [1.807, 2.05) is 13.0 Å². The van der Waals surface area contributed by atoms with Gasteiger partial charge >= 0.3 is 0 Å². The third kappa shape index (κ3) is 3.79. The molecule has 1 aromatic carbocycles. The van der Waals surface area contributed by atoms with Gasteiger partial charge in [0.2, 0.25) is 10.0 Å². The first-order chi connectivity index (χ1) is 10.3. The predicted molar refractivity (Wildman–Crippen MR) is 82.8 cm³/mol. The van der Waals surface area contributed by atoms with E-state index in [-0.39, 0.29) is 23.8 Å². The summed E-state index contributed by atoms with van der Waals surface area (Å²) in [5.41, 5.74) is 1.34. The van der Waals surface area contributed by atoms with Gasteiger partial charge in [-0.15, -0.1) is 0 Å². The summed E-state index contributed by atoms with van der Waals surface area (Å²) >= 11 is 6.00. The zero-order chi connectivity index (χ0) is 16.3. The molecular formula is C14H17ClN2O4S. The predicted octanol–water partition coefficient (Wildman–Crippen LogP) is 2.61. The van der Waals surface area contributed by atoms with Crippen molar-refractivity contribution in [3.63, 3.8) is 0 Å². The molecule has 0 atom stereocenters. The Balaban J connectivity index is 1.95. The zero-order valence-corrected chi connectivity index (χ0v) is 14.1. The molecule has 22 heavy (non-hydrogen) atoms. The van der Waals surface area contributed by atoms with Crippen LogP contribution < -0.4 is 9.46 Å². The molecule has 120 valence electrons. The van der Waals surface area contributed by atoms with Crippen molar-refractivity contribution in [1.82, 2.24) is 9.88 Å². The van der Waals surface area contributed by atoms with Crippen LogP contribution in [0.3, 0.4) is 0 Å². The maximum absolute atomic E-state index is 12.2. The normalized spacial score (nSPS) is 11.6. The Kier molecular flexibility index (Phi) is 5.10. The molecule has 0 saturated carbocycles. The van der Waals surface area contributed by atoms with E-state index in [1.165, 1.54) is 0 Å². The van der Waals surface area contributed by atoms with Crippen molar-refractivity contribution >= 4 is 21.6 Å². The number of benzene rings is 1. The standard InChI is InChI=1S/C14H17ClN2O4S/c1-9-4-5-12(15)13(8-9)20-7-6-16-22(18,19)14-10(2)17-21-11(14)3/h4-5,8,16H,6-7H2,1-3H3. The van der Waals surface area contributed by atoms with Crippen molar-refractivity contribution in [3.8, 4) is 5.75 Å². The SMILES string of the molecule is Cc1ccc(Cl)c(OCCNS(=O)(=O)c2c(C)noc2C)c1. The fourth-order valence-corrected chi connectivity index (χ4v) is 3.50. The summed E-state index contributed by atoms with van der Waals surface area (Å²) < 4.78 is 37.2. The van der Waals surface area contributed by atoms with Gasteiger partial charge in [-0.05, 0) is 38.5 Å². The van der Waals surface area contributed by atoms with Crippen molar-refractivity contribution < 1.29 is 17.7 Å². The fraction of sp³-hybridized carbons (Fsp3) is 0.357. The molecule has 0 bridgehead atoms. The molecule has 8 heteroatoms. The lowest BCUT2D eigenvalue weighted by atomic mass is 10.2. The molecule has 2 aromatic rings. The number of hydrogen-bond acceptors (Lipinski definition) is 5. The van der Waals surface area contributed by atoms with Gasteiger partial charge < -0.3 is 9.26 Å². The second-order valence-corrected chi connectivity index (χ2v) is 6.94. The number of nitrogens with one attached hydrogen (secondary N) is 1. The van der Waals surface area contributed by atoms with E-state index in [9.17, 15) is 8.42 Å². The Labute approximate surface area is 134 Å². The fourth-order valence-electron chi connectivity index (χ4n) is 1.99. The first-order valence-corrected chi connectivity index (χ1v) is 8.49. The van der Waals surface area contributed by atoms with E-state index in [0.717, 1.165) is 5.56 Å². The minimum absolute atomic E-state index is 0.0705. The van der Waals surface area contributed by atoms with Crippen molar-refractivity contribution in [2.45, 2.75) is 25.7 Å². The van der Waals surface area contributed by atoms with Crippen LogP contribution in [-0.4, -0.2) is 26.7 Å². The van der Waals surface area contributed by atoms with Crippen LogP contribution >= 0.6 is 11.6 Å². The van der Waals surface area contributed by atoms with Crippen LogP contribution in [0.15, 0.2) is 27.6 Å². The summed E-state index contributed by atoms with van der Waals surface area (Å²) in [4.78, 5) is 0.0705. The Bertz CT molecular complexity index is 752. The lowest BCUT2D eigenvalue weighted by molar-refractivity contribution is 0.323. The summed E-state index contributed by atoms with van der Waals surface area (Å²) in [6, 6.07) is 5.40. The molecule has 0 radical (unpaired) electrons. The highest BCUT2D eigenvalue weighted by atomic mass is 35.5. The van der Waals surface area contributed by atoms with Crippen LogP contribution in [0.2, 0.25) is 5.02 Å². The van der Waals surface area contributed by atoms with E-state index in [2.05, 4.69) is 9.88 Å². The molecule has 0 amide bonds. The van der Waals surface area contributed by atoms with Gasteiger partial charge in [0, 0.05) is 6.54 Å². The van der Waals surface area contributed by atoms with Crippen LogP contribution in [0.25, 0.3) is 0 Å². The molecule has 0 aliphatic heterocycles. The molecule has 0 unspecified atom stereocenters. The van der Waals surface area contributed by atoms with Crippen molar-refractivity contribution in [3.05, 3.63) is 40.2 Å². The Morgan fingerprint density at radius 2 is 2.05 bits per heavy atom. The van der Waals surface area contributed by atoms with Crippen LogP contribution in [-0.2, 0) is 10.0 Å². The molecule has 2 rings (SSSR count). The first kappa shape index (κ1) is 16.8. The Morgan fingerprint density at radius 1 is 1.32 bits per heavy atom. The van der Waals surface area contributed by atoms with Crippen molar-refractivity contribution in [2.24, 2.45) is 0 Å². The van der Waals surface area contributed by atoms with Gasteiger partial charge in [-0.1, -0.05) is 22.8 Å². The minimum Gasteiger partial charge on any atom is -0.491 e. The molecule has 1 N–H and O–H groups in total. The lowest BCUT2D eigenvalue weighted by Crippen LogP contribution is -2.29. The van der Waals surface area contributed by atoms with E-state index in [4.69, 9.17) is 20.9 Å². The molecule has 0 aliphatic carbocycles. The Hall–Kier alpha value is -1.57. The van der Waals surface area contributed by atoms with Gasteiger partial charge in [0.1, 0.15) is 22.9 Å². The number of nitrogens with zero attached hydrogens (tertiary/aromatic N) is 1. The van der Waals surface area contributed by atoms with Gasteiger partial charge in [0.25, 0.3) is 0 Å². The van der Waals surface area contributed by atoms with Gasteiger partial charge in [-0.2, -0.15) is 0 Å². The van der Waals surface area contributed by atoms with E-state index in [0.29, 0.717) is 16.5 Å². The lowest BCUT2D eigenvalue weighted by Gasteiger charge is -2.10. The second kappa shape index (κ2) is 6.68. The molecule has 1 aromatic heterocycles. The summed E-state index contributed by atoms with van der Waals surface area (Å²) in [6.45, 7) is 5.32. The summed E-state index contributed by atoms with van der Waals surface area (Å²) in [7, 11) is -3.67. The number of aromatic nitrogens is 1. The highest BCUT2D eigenvalue weighted by Gasteiger charge is 2.23. The molecule has 0 fully saturated rings. The number of sulfonamides is 1. The number of halogens is 1. The van der Waals surface area contributed by atoms with Crippen molar-refractivity contribution in [1.29, 1.82) is 0 Å². The first-order valence-electron chi connectivity index (χ1n) is 6.63. The van der Waals surface area contributed by atoms with Crippen LogP contribution in [0.1, 0.15) is 17.0 Å². The van der Waals surface area contributed by atoms with Crippen LogP contribution in [0.4, 0.5) is 0 Å². The third-order valence-electron chi connectivity index (χ3n) is 2.98. The zero-order valence-electron chi connectivity index (χ0n) is 12.5. The second-order valence-electron chi connectivity index (χ2n) is 4.83. The number of ether oxygens (including phenoxy) is 1. The molecule has 0 aliphatic rings. The average molecular weight is 345 g/mol. The van der Waals surface area contributed by atoms with Crippen LogP contribution in [0.5, 0.6) is 5.75 Å². The van der Waals surface area contributed by atoms with E-state index >= 15 is 0 Å². The summed E-state index contributed by atoms with van der Waals surface area (Å²) in [5.74, 6) is 0.783. The number of aryl methyl sites for hydroxylation is 3. The molecule has 0 saturated heterocycles. The van der Waals surface area contributed by atoms with E-state index in [1.54, 1.807) is 26.0 Å². The topological polar surface area (TPSA) is 81.4 Å². The van der Waals surface area contributed by atoms with Gasteiger partial charge in [-0.3, -0.25) is 0 Å². The Morgan fingerprint density at radius 3 is 2.68 bits per heavy atom. The summed E-state index contributed by atoms with van der Waals surface area (Å²) in [6.07, 6.45) is 0.